The van der Waals surface area contributed by atoms with Gasteiger partial charge in [-0.3, -0.25) is 14.5 Å². The van der Waals surface area contributed by atoms with E-state index in [2.05, 4.69) is 43.1 Å². The molecule has 0 radical (unpaired) electrons. The number of piperidine rings is 1. The van der Waals surface area contributed by atoms with Crippen LogP contribution in [0.3, 0.4) is 0 Å². The molecule has 3 N–H and O–H groups in total. The number of aromatic nitrogens is 1. The molecule has 8 nitrogen and oxygen atoms in total. The van der Waals surface area contributed by atoms with Crippen LogP contribution in [0.15, 0.2) is 10.6 Å². The summed E-state index contributed by atoms with van der Waals surface area (Å²) in [6.45, 7) is 14.7. The Labute approximate surface area is 211 Å². The molecule has 2 fully saturated rings. The molecular formula is C27H47N5O3. The molecule has 35 heavy (non-hydrogen) atoms. The van der Waals surface area contributed by atoms with Gasteiger partial charge in [0.2, 0.25) is 5.91 Å². The average molecular weight is 490 g/mol. The van der Waals surface area contributed by atoms with Crippen LogP contribution in [0.1, 0.15) is 82.5 Å². The lowest BCUT2D eigenvalue weighted by Gasteiger charge is -2.43. The number of amides is 2. The van der Waals surface area contributed by atoms with E-state index in [1.54, 1.807) is 17.9 Å². The summed E-state index contributed by atoms with van der Waals surface area (Å²) in [4.78, 5) is 31.1. The fourth-order valence-electron chi connectivity index (χ4n) is 5.73. The first-order chi connectivity index (χ1) is 16.7. The maximum absolute atomic E-state index is 13.5. The van der Waals surface area contributed by atoms with E-state index >= 15 is 0 Å². The van der Waals surface area contributed by atoms with Gasteiger partial charge >= 0.3 is 0 Å². The third kappa shape index (κ3) is 7.78. The molecule has 1 aliphatic carbocycles. The van der Waals surface area contributed by atoms with Crippen molar-refractivity contribution in [3.63, 3.8) is 0 Å². The van der Waals surface area contributed by atoms with Gasteiger partial charge in [-0.1, -0.05) is 32.9 Å². The zero-order valence-corrected chi connectivity index (χ0v) is 22.5. The predicted molar refractivity (Wildman–Crippen MR) is 138 cm³/mol. The van der Waals surface area contributed by atoms with Crippen molar-refractivity contribution in [1.82, 2.24) is 20.3 Å². The second-order valence-corrected chi connectivity index (χ2v) is 11.6. The van der Waals surface area contributed by atoms with E-state index < -0.39 is 6.04 Å². The maximum Gasteiger partial charge on any atom is 0.276 e. The molecule has 3 rings (SSSR count). The van der Waals surface area contributed by atoms with E-state index in [-0.39, 0.29) is 23.6 Å². The summed E-state index contributed by atoms with van der Waals surface area (Å²) in [5.41, 5.74) is 6.11. The van der Waals surface area contributed by atoms with Crippen LogP contribution in [0, 0.1) is 30.6 Å². The Morgan fingerprint density at radius 2 is 1.74 bits per heavy atom. The van der Waals surface area contributed by atoms with Crippen molar-refractivity contribution < 1.29 is 14.1 Å². The van der Waals surface area contributed by atoms with Gasteiger partial charge in [0.25, 0.3) is 5.91 Å². The molecule has 198 valence electrons. The Hall–Kier alpha value is -1.93. The number of aryl methyl sites for hydroxylation is 1. The molecule has 2 aliphatic rings. The summed E-state index contributed by atoms with van der Waals surface area (Å²) in [5, 5.41) is 7.14. The van der Waals surface area contributed by atoms with E-state index in [4.69, 9.17) is 10.3 Å². The van der Waals surface area contributed by atoms with Gasteiger partial charge < -0.3 is 20.5 Å². The lowest BCUT2D eigenvalue weighted by molar-refractivity contribution is -0.128. The number of nitrogens with one attached hydrogen (secondary N) is 1. The van der Waals surface area contributed by atoms with Crippen LogP contribution in [0.2, 0.25) is 0 Å². The third-order valence-electron chi connectivity index (χ3n) is 7.57. The van der Waals surface area contributed by atoms with Crippen LogP contribution < -0.4 is 11.1 Å². The minimum absolute atomic E-state index is 0.0433. The quantitative estimate of drug-likeness (QED) is 0.522. The molecule has 8 heteroatoms. The van der Waals surface area contributed by atoms with E-state index in [1.165, 1.54) is 0 Å². The molecule has 0 spiro atoms. The topological polar surface area (TPSA) is 105 Å². The Morgan fingerprint density at radius 1 is 1.11 bits per heavy atom. The first-order valence-electron chi connectivity index (χ1n) is 13.6. The lowest BCUT2D eigenvalue weighted by Crippen LogP contribution is -2.58. The molecule has 2 heterocycles. The molecule has 0 aromatic carbocycles. The molecule has 1 saturated carbocycles. The van der Waals surface area contributed by atoms with Gasteiger partial charge in [0.05, 0.1) is 0 Å². The zero-order chi connectivity index (χ0) is 25.5. The lowest BCUT2D eigenvalue weighted by atomic mass is 9.82. The van der Waals surface area contributed by atoms with Gasteiger partial charge in [-0.25, -0.2) is 0 Å². The minimum atomic E-state index is -0.500. The molecule has 1 saturated heterocycles. The van der Waals surface area contributed by atoms with Gasteiger partial charge in [-0.05, 0) is 75.7 Å². The van der Waals surface area contributed by atoms with Gasteiger partial charge in [-0.2, -0.15) is 0 Å². The highest BCUT2D eigenvalue weighted by molar-refractivity contribution is 5.96. The van der Waals surface area contributed by atoms with Crippen LogP contribution in [0.25, 0.3) is 0 Å². The summed E-state index contributed by atoms with van der Waals surface area (Å²) in [6.07, 6.45) is 5.98. The summed E-state index contributed by atoms with van der Waals surface area (Å²) < 4.78 is 5.15. The zero-order valence-electron chi connectivity index (χ0n) is 22.5. The molecule has 1 aliphatic heterocycles. The van der Waals surface area contributed by atoms with Crippen LogP contribution in [-0.4, -0.2) is 71.6 Å². The van der Waals surface area contributed by atoms with Crippen molar-refractivity contribution in [2.24, 2.45) is 29.4 Å². The van der Waals surface area contributed by atoms with Gasteiger partial charge in [0.15, 0.2) is 5.69 Å². The van der Waals surface area contributed by atoms with Crippen molar-refractivity contribution in [2.75, 3.05) is 32.7 Å². The van der Waals surface area contributed by atoms with Crippen LogP contribution in [0.4, 0.5) is 0 Å². The van der Waals surface area contributed by atoms with Crippen molar-refractivity contribution >= 4 is 11.8 Å². The van der Waals surface area contributed by atoms with Gasteiger partial charge in [0.1, 0.15) is 11.8 Å². The number of carbonyl (C=O) groups excluding carboxylic acids is 2. The number of hydrogen-bond acceptors (Lipinski definition) is 6. The largest absolute Gasteiger partial charge is 0.361 e. The minimum Gasteiger partial charge on any atom is -0.361 e. The number of nitrogens with zero attached hydrogens (tertiary/aromatic N) is 3. The average Bonchev–Trinajstić information content (AvgIpc) is 3.27. The number of nitrogens with two attached hydrogens (primary N) is 1. The highest BCUT2D eigenvalue weighted by Crippen LogP contribution is 2.29. The molecule has 1 aromatic rings. The van der Waals surface area contributed by atoms with Crippen molar-refractivity contribution in [1.29, 1.82) is 0 Å². The standard InChI is InChI=1S/C27H47N5O3/c1-18(2)16-31(17-19(3)4)23-10-11-32(27(34)24-12-20(5)35-30-24)25(13-23)26(33)29-15-22-8-6-21(14-28)7-9-22/h12,18-19,21-23,25H,6-11,13-17,28H2,1-5H3,(H,29,33)/t21?,22?,23?,25-/m1/s1. The summed E-state index contributed by atoms with van der Waals surface area (Å²) in [6, 6.07) is 1.43. The van der Waals surface area contributed by atoms with Crippen molar-refractivity contribution in [2.45, 2.75) is 85.2 Å². The Balaban J connectivity index is 1.72. The maximum atomic E-state index is 13.5. The second kappa shape index (κ2) is 12.9. The van der Waals surface area contributed by atoms with Crippen LogP contribution in [0.5, 0.6) is 0 Å². The van der Waals surface area contributed by atoms with Crippen molar-refractivity contribution in [3.05, 3.63) is 17.5 Å². The van der Waals surface area contributed by atoms with E-state index in [1.807, 2.05) is 0 Å². The molecule has 0 bridgehead atoms. The predicted octanol–water partition coefficient (Wildman–Crippen LogP) is 3.45. The molecule has 1 unspecified atom stereocenters. The molecule has 2 atom stereocenters. The van der Waals surface area contributed by atoms with Gasteiger partial charge in [0, 0.05) is 38.3 Å². The number of likely N-dealkylation sites (tertiary alicyclic amines) is 1. The van der Waals surface area contributed by atoms with E-state index in [0.717, 1.165) is 51.7 Å². The van der Waals surface area contributed by atoms with Crippen LogP contribution >= 0.6 is 0 Å². The Morgan fingerprint density at radius 3 is 2.29 bits per heavy atom. The highest BCUT2D eigenvalue weighted by atomic mass is 16.5. The van der Waals surface area contributed by atoms with E-state index in [9.17, 15) is 9.59 Å². The third-order valence-corrected chi connectivity index (χ3v) is 7.57. The smallest absolute Gasteiger partial charge is 0.276 e. The number of carbonyl (C=O) groups is 2. The molecular weight excluding hydrogens is 442 g/mol. The fraction of sp³-hybridized carbons (Fsp3) is 0.815. The molecule has 2 amide bonds. The number of hydrogen-bond donors (Lipinski definition) is 2. The SMILES string of the molecule is Cc1cc(C(=O)N2CCC(N(CC(C)C)CC(C)C)C[C@@H]2C(=O)NCC2CCC(CN)CC2)no1. The Bertz CT molecular complexity index is 805. The second-order valence-electron chi connectivity index (χ2n) is 11.6. The van der Waals surface area contributed by atoms with Crippen molar-refractivity contribution in [3.8, 4) is 0 Å². The monoisotopic (exact) mass is 489 g/mol. The molecule has 1 aromatic heterocycles. The first kappa shape index (κ1) is 27.7. The Kier molecular flexibility index (Phi) is 10.2. The summed E-state index contributed by atoms with van der Waals surface area (Å²) >= 11 is 0. The van der Waals surface area contributed by atoms with E-state index in [0.29, 0.717) is 48.9 Å². The first-order valence-corrected chi connectivity index (χ1v) is 13.6. The van der Waals surface area contributed by atoms with Crippen LogP contribution in [-0.2, 0) is 4.79 Å². The summed E-state index contributed by atoms with van der Waals surface area (Å²) in [5.74, 6) is 2.53. The van der Waals surface area contributed by atoms with Gasteiger partial charge in [-0.15, -0.1) is 0 Å². The summed E-state index contributed by atoms with van der Waals surface area (Å²) in [7, 11) is 0. The normalized spacial score (nSPS) is 25.5. The highest BCUT2D eigenvalue weighted by Gasteiger charge is 2.39. The number of rotatable bonds is 10. The fourth-order valence-corrected chi connectivity index (χ4v) is 5.73.